The van der Waals surface area contributed by atoms with E-state index in [2.05, 4.69) is 25.7 Å². The Labute approximate surface area is 218 Å². The van der Waals surface area contributed by atoms with E-state index >= 15 is 0 Å². The van der Waals surface area contributed by atoms with Gasteiger partial charge in [0.15, 0.2) is 0 Å². The van der Waals surface area contributed by atoms with Crippen LogP contribution in [0.15, 0.2) is 0 Å². The van der Waals surface area contributed by atoms with Crippen molar-refractivity contribution in [2.75, 3.05) is 0 Å². The molecule has 1 N–H and O–H groups in total. The maximum Gasteiger partial charge on any atom is 0.306 e. The third-order valence-corrected chi connectivity index (χ3v) is 6.26. The monoisotopic (exact) mass is 494 g/mol. The summed E-state index contributed by atoms with van der Waals surface area (Å²) in [7, 11) is 0. The number of ether oxygens (including phenoxy) is 1. The second-order valence-corrected chi connectivity index (χ2v) is 10.1. The van der Waals surface area contributed by atoms with Crippen molar-refractivity contribution >= 4 is 11.8 Å². The number of rotatable bonds is 17. The fourth-order valence-corrected chi connectivity index (χ4v) is 4.10. The molecule has 0 bridgehead atoms. The predicted molar refractivity (Wildman–Crippen MR) is 149 cm³/mol. The third-order valence-electron chi connectivity index (χ3n) is 6.26. The van der Waals surface area contributed by atoms with Gasteiger partial charge in [-0.3, -0.25) is 9.59 Å². The van der Waals surface area contributed by atoms with Crippen LogP contribution in [0.4, 0.5) is 0 Å². The Bertz CT molecular complexity index is 538. The van der Waals surface area contributed by atoms with Gasteiger partial charge in [-0.1, -0.05) is 71.6 Å². The predicted octanol–water partition coefficient (Wildman–Crippen LogP) is 8.58. The first kappa shape index (κ1) is 35.8. The number of hydrogen-bond donors (Lipinski definition) is 1. The summed E-state index contributed by atoms with van der Waals surface area (Å²) in [6.07, 6.45) is 19.4. The number of aliphatic hydroxyl groups is 1. The van der Waals surface area contributed by atoms with E-state index in [4.69, 9.17) is 4.74 Å². The van der Waals surface area contributed by atoms with E-state index in [-0.39, 0.29) is 18.2 Å². The summed E-state index contributed by atoms with van der Waals surface area (Å²) < 4.78 is 5.04. The van der Waals surface area contributed by atoms with Gasteiger partial charge < -0.3 is 9.84 Å². The first-order chi connectivity index (χ1) is 16.8. The van der Waals surface area contributed by atoms with Crippen molar-refractivity contribution in [1.29, 1.82) is 0 Å². The van der Waals surface area contributed by atoms with Crippen LogP contribution in [-0.2, 0) is 14.3 Å². The van der Waals surface area contributed by atoms with Gasteiger partial charge in [0.05, 0.1) is 12.2 Å². The van der Waals surface area contributed by atoms with E-state index in [0.29, 0.717) is 18.1 Å². The summed E-state index contributed by atoms with van der Waals surface area (Å²) in [5.41, 5.74) is 0. The molecule has 1 saturated carbocycles. The number of aliphatic hydroxyl groups excluding tert-OH is 1. The van der Waals surface area contributed by atoms with E-state index in [9.17, 15) is 14.7 Å². The van der Waals surface area contributed by atoms with Crippen LogP contribution in [0.3, 0.4) is 0 Å². The molecule has 0 aromatic rings. The van der Waals surface area contributed by atoms with Crippen LogP contribution in [0.25, 0.3) is 0 Å². The minimum atomic E-state index is -0.0934. The summed E-state index contributed by atoms with van der Waals surface area (Å²) in [6, 6.07) is 0. The van der Waals surface area contributed by atoms with E-state index in [1.54, 1.807) is 0 Å². The van der Waals surface area contributed by atoms with Gasteiger partial charge >= 0.3 is 5.97 Å². The highest BCUT2D eigenvalue weighted by molar-refractivity contribution is 5.78. The van der Waals surface area contributed by atoms with Crippen molar-refractivity contribution in [3.8, 4) is 11.8 Å². The Balaban J connectivity index is 0. The molecule has 0 aliphatic heterocycles. The van der Waals surface area contributed by atoms with Crippen molar-refractivity contribution in [3.63, 3.8) is 0 Å². The van der Waals surface area contributed by atoms with Gasteiger partial charge in [0.25, 0.3) is 0 Å². The molecule has 35 heavy (non-hydrogen) atoms. The summed E-state index contributed by atoms with van der Waals surface area (Å²) >= 11 is 0. The van der Waals surface area contributed by atoms with Gasteiger partial charge in [0.1, 0.15) is 5.78 Å². The van der Waals surface area contributed by atoms with Crippen LogP contribution >= 0.6 is 0 Å². The number of Topliss-reactive ketones (excluding diaryl/α,β-unsaturated/α-hetero) is 1. The molecule has 2 atom stereocenters. The van der Waals surface area contributed by atoms with Crippen LogP contribution < -0.4 is 0 Å². The molecule has 2 unspecified atom stereocenters. The van der Waals surface area contributed by atoms with Crippen LogP contribution in [0, 0.1) is 17.8 Å². The molecule has 0 spiro atoms. The van der Waals surface area contributed by atoms with Crippen molar-refractivity contribution in [2.45, 2.75) is 169 Å². The smallest absolute Gasteiger partial charge is 0.306 e. The highest BCUT2D eigenvalue weighted by atomic mass is 16.5. The van der Waals surface area contributed by atoms with Gasteiger partial charge in [-0.15, -0.1) is 11.8 Å². The molecular formula is C31H58O4. The summed E-state index contributed by atoms with van der Waals surface area (Å²) in [4.78, 5) is 22.8. The molecule has 0 radical (unpaired) electrons. The number of esters is 1. The molecule has 4 nitrogen and oxygen atoms in total. The highest BCUT2D eigenvalue weighted by Gasteiger charge is 2.22. The third kappa shape index (κ3) is 28.8. The van der Waals surface area contributed by atoms with Gasteiger partial charge in [-0.25, -0.2) is 0 Å². The zero-order valence-electron chi connectivity index (χ0n) is 24.1. The number of ketones is 1. The molecule has 0 aromatic carbocycles. The lowest BCUT2D eigenvalue weighted by atomic mass is 9.98. The van der Waals surface area contributed by atoms with Gasteiger partial charge in [-0.05, 0) is 72.1 Å². The van der Waals surface area contributed by atoms with E-state index < -0.39 is 0 Å². The molecule has 1 aliphatic rings. The topological polar surface area (TPSA) is 63.6 Å². The second-order valence-electron chi connectivity index (χ2n) is 10.1. The average Bonchev–Trinajstić information content (AvgIpc) is 3.25. The SMILES string of the molecule is CC#CC.CCCCCCCC(=O)CCC1CCC(O)C1.CCCCCCCCC(=O)OC(C)C. The summed E-state index contributed by atoms with van der Waals surface area (Å²) in [5, 5.41) is 9.40. The quantitative estimate of drug-likeness (QED) is 0.125. The lowest BCUT2D eigenvalue weighted by Crippen LogP contribution is -2.10. The van der Waals surface area contributed by atoms with Crippen molar-refractivity contribution < 1.29 is 19.4 Å². The fraction of sp³-hybridized carbons (Fsp3) is 0.871. The second kappa shape index (κ2) is 27.3. The van der Waals surface area contributed by atoms with Crippen LogP contribution in [0.5, 0.6) is 0 Å². The first-order valence-electron chi connectivity index (χ1n) is 14.5. The molecule has 0 saturated heterocycles. The van der Waals surface area contributed by atoms with Gasteiger partial charge in [-0.2, -0.15) is 0 Å². The standard InChI is InChI=1S/C15H28O2.C12H24O2.C4H6/c1-2-3-4-5-6-7-14(16)10-8-13-9-11-15(17)12-13;1-4-5-6-7-8-9-10-12(13)14-11(2)3;1-3-4-2/h13,15,17H,2-12H2,1H3;11H,4-10H2,1-3H3;1-2H3. The number of hydrogen-bond acceptors (Lipinski definition) is 4. The zero-order valence-corrected chi connectivity index (χ0v) is 24.1. The Morgan fingerprint density at radius 2 is 1.31 bits per heavy atom. The molecule has 0 amide bonds. The normalized spacial score (nSPS) is 16.3. The lowest BCUT2D eigenvalue weighted by Gasteiger charge is -2.08. The van der Waals surface area contributed by atoms with E-state index in [1.165, 1.54) is 51.4 Å². The molecular weight excluding hydrogens is 436 g/mol. The minimum absolute atomic E-state index is 0.0302. The number of unbranched alkanes of at least 4 members (excludes halogenated alkanes) is 9. The van der Waals surface area contributed by atoms with Gasteiger partial charge in [0.2, 0.25) is 0 Å². The Kier molecular flexibility index (Phi) is 27.9. The average molecular weight is 495 g/mol. The molecule has 1 fully saturated rings. The molecule has 1 aliphatic carbocycles. The van der Waals surface area contributed by atoms with E-state index in [0.717, 1.165) is 57.8 Å². The summed E-state index contributed by atoms with van der Waals surface area (Å²) in [6.45, 7) is 11.8. The highest BCUT2D eigenvalue weighted by Crippen LogP contribution is 2.29. The van der Waals surface area contributed by atoms with E-state index in [1.807, 2.05) is 27.7 Å². The van der Waals surface area contributed by atoms with Crippen molar-refractivity contribution in [3.05, 3.63) is 0 Å². The number of carbonyl (C=O) groups is 2. The molecule has 0 heterocycles. The largest absolute Gasteiger partial charge is 0.463 e. The lowest BCUT2D eigenvalue weighted by molar-refractivity contribution is -0.147. The molecule has 1 rings (SSSR count). The summed E-state index contributed by atoms with van der Waals surface area (Å²) in [5.74, 6) is 6.35. The molecule has 4 heteroatoms. The van der Waals surface area contributed by atoms with Gasteiger partial charge in [0, 0.05) is 19.3 Å². The minimum Gasteiger partial charge on any atom is -0.463 e. The van der Waals surface area contributed by atoms with Crippen LogP contribution in [0.1, 0.15) is 157 Å². The van der Waals surface area contributed by atoms with Crippen molar-refractivity contribution in [1.82, 2.24) is 0 Å². The van der Waals surface area contributed by atoms with Crippen LogP contribution in [0.2, 0.25) is 0 Å². The molecule has 206 valence electrons. The Morgan fingerprint density at radius 1 is 0.800 bits per heavy atom. The zero-order chi connectivity index (χ0) is 26.7. The maximum atomic E-state index is 11.7. The van der Waals surface area contributed by atoms with Crippen LogP contribution in [-0.4, -0.2) is 29.1 Å². The fourth-order valence-electron chi connectivity index (χ4n) is 4.10. The first-order valence-corrected chi connectivity index (χ1v) is 14.5. The Hall–Kier alpha value is -1.34. The maximum absolute atomic E-state index is 11.7. The Morgan fingerprint density at radius 3 is 1.77 bits per heavy atom. The number of carbonyl (C=O) groups excluding carboxylic acids is 2. The molecule has 0 aromatic heterocycles. The van der Waals surface area contributed by atoms with Crippen molar-refractivity contribution in [2.24, 2.45) is 5.92 Å².